The number of methoxy groups -OCH3 is 1. The molecular weight excluding hydrogens is 386 g/mol. The first kappa shape index (κ1) is 18.4. The average Bonchev–Trinajstić information content (AvgIpc) is 3.36. The van der Waals surface area contributed by atoms with Gasteiger partial charge in [0.2, 0.25) is 5.91 Å². The summed E-state index contributed by atoms with van der Waals surface area (Å²) in [7, 11) is 1.64. The number of amides is 1. The molecule has 29 heavy (non-hydrogen) atoms. The molecular formula is C22H23N3O3S. The van der Waals surface area contributed by atoms with E-state index in [0.29, 0.717) is 11.3 Å². The molecule has 5 rings (SSSR count). The van der Waals surface area contributed by atoms with Crippen molar-refractivity contribution in [2.24, 2.45) is 5.92 Å². The first-order valence-corrected chi connectivity index (χ1v) is 10.9. The van der Waals surface area contributed by atoms with Crippen LogP contribution in [0.5, 0.6) is 5.75 Å². The topological polar surface area (TPSA) is 73.2 Å². The highest BCUT2D eigenvalue weighted by molar-refractivity contribution is 7.18. The standard InChI is InChI=1S/C22H23N3O3S/c1-28-15-9-7-14(8-10-15)20(13-5-6-13)24-18(26)11-25-12-23-21-19(22(25)27)16-3-2-4-17(16)29-21/h7-10,12-13,20H,2-6,11H2,1H3,(H,24,26). The molecule has 1 saturated carbocycles. The molecule has 2 aliphatic rings. The molecule has 150 valence electrons. The van der Waals surface area contributed by atoms with Gasteiger partial charge in [0, 0.05) is 4.88 Å². The number of thiophene rings is 1. The predicted octanol–water partition coefficient (Wildman–Crippen LogP) is 3.22. The Labute approximate surface area is 172 Å². The molecule has 2 aliphatic carbocycles. The molecule has 0 radical (unpaired) electrons. The van der Waals surface area contributed by atoms with Crippen LogP contribution in [0.1, 0.15) is 41.3 Å². The lowest BCUT2D eigenvalue weighted by molar-refractivity contribution is -0.122. The Morgan fingerprint density at radius 2 is 2.10 bits per heavy atom. The van der Waals surface area contributed by atoms with Crippen molar-refractivity contribution in [3.05, 3.63) is 57.0 Å². The first-order valence-electron chi connectivity index (χ1n) is 10.1. The highest BCUT2D eigenvalue weighted by atomic mass is 32.1. The Kier molecular flexibility index (Phi) is 4.62. The van der Waals surface area contributed by atoms with Crippen LogP contribution in [0.2, 0.25) is 0 Å². The smallest absolute Gasteiger partial charge is 0.262 e. The third-order valence-corrected chi connectivity index (χ3v) is 7.09. The molecule has 6 nitrogen and oxygen atoms in total. The number of hydrogen-bond acceptors (Lipinski definition) is 5. The quantitative estimate of drug-likeness (QED) is 0.678. The fraction of sp³-hybridized carbons (Fsp3) is 0.409. The van der Waals surface area contributed by atoms with Gasteiger partial charge in [0.25, 0.3) is 5.56 Å². The molecule has 2 aromatic heterocycles. The number of carbonyl (C=O) groups excluding carboxylic acids is 1. The second kappa shape index (κ2) is 7.30. The molecule has 0 aliphatic heterocycles. The average molecular weight is 410 g/mol. The van der Waals surface area contributed by atoms with Crippen LogP contribution in [-0.4, -0.2) is 22.6 Å². The van der Waals surface area contributed by atoms with Gasteiger partial charge in [-0.2, -0.15) is 0 Å². The Morgan fingerprint density at radius 1 is 1.31 bits per heavy atom. The van der Waals surface area contributed by atoms with E-state index in [1.165, 1.54) is 15.8 Å². The summed E-state index contributed by atoms with van der Waals surface area (Å²) in [6.45, 7) is -0.00817. The number of aromatic nitrogens is 2. The van der Waals surface area contributed by atoms with Gasteiger partial charge >= 0.3 is 0 Å². The zero-order valence-corrected chi connectivity index (χ0v) is 17.1. The lowest BCUT2D eigenvalue weighted by Crippen LogP contribution is -2.35. The summed E-state index contributed by atoms with van der Waals surface area (Å²) in [5.74, 6) is 1.08. The van der Waals surface area contributed by atoms with E-state index in [4.69, 9.17) is 4.74 Å². The summed E-state index contributed by atoms with van der Waals surface area (Å²) in [6, 6.07) is 7.78. The van der Waals surface area contributed by atoms with Crippen molar-refractivity contribution >= 4 is 27.5 Å². The molecule has 7 heteroatoms. The minimum atomic E-state index is -0.159. The highest BCUT2D eigenvalue weighted by Crippen LogP contribution is 2.41. The lowest BCUT2D eigenvalue weighted by Gasteiger charge is -2.19. The number of nitrogens with zero attached hydrogens (tertiary/aromatic N) is 2. The summed E-state index contributed by atoms with van der Waals surface area (Å²) < 4.78 is 6.67. The van der Waals surface area contributed by atoms with E-state index >= 15 is 0 Å². The fourth-order valence-corrected chi connectivity index (χ4v) is 5.44. The molecule has 3 aromatic rings. The molecule has 1 unspecified atom stereocenters. The van der Waals surface area contributed by atoms with Crippen LogP contribution in [0.15, 0.2) is 35.4 Å². The Morgan fingerprint density at radius 3 is 2.83 bits per heavy atom. The van der Waals surface area contributed by atoms with E-state index < -0.39 is 0 Å². The lowest BCUT2D eigenvalue weighted by atomic mass is 10.0. The van der Waals surface area contributed by atoms with Gasteiger partial charge in [-0.25, -0.2) is 4.98 Å². The van der Waals surface area contributed by atoms with Crippen LogP contribution in [0.25, 0.3) is 10.2 Å². The number of hydrogen-bond donors (Lipinski definition) is 1. The second-order valence-corrected chi connectivity index (χ2v) is 8.95. The molecule has 0 bridgehead atoms. The van der Waals surface area contributed by atoms with Gasteiger partial charge in [0.1, 0.15) is 17.1 Å². The van der Waals surface area contributed by atoms with Crippen molar-refractivity contribution in [2.45, 2.75) is 44.7 Å². The molecule has 0 spiro atoms. The van der Waals surface area contributed by atoms with Crippen LogP contribution < -0.4 is 15.6 Å². The van der Waals surface area contributed by atoms with E-state index in [1.54, 1.807) is 18.4 Å². The summed E-state index contributed by atoms with van der Waals surface area (Å²) in [5, 5.41) is 3.85. The largest absolute Gasteiger partial charge is 0.497 e. The number of benzene rings is 1. The van der Waals surface area contributed by atoms with Gasteiger partial charge in [0.05, 0.1) is 24.9 Å². The highest BCUT2D eigenvalue weighted by Gasteiger charge is 2.33. The fourth-order valence-electron chi connectivity index (χ4n) is 4.22. The summed E-state index contributed by atoms with van der Waals surface area (Å²) in [6.07, 6.45) is 6.77. The zero-order chi connectivity index (χ0) is 20.0. The molecule has 1 amide bonds. The molecule has 1 atom stereocenters. The van der Waals surface area contributed by atoms with Crippen molar-refractivity contribution in [1.82, 2.24) is 14.9 Å². The Hall–Kier alpha value is -2.67. The van der Waals surface area contributed by atoms with Gasteiger partial charge in [-0.1, -0.05) is 12.1 Å². The van der Waals surface area contributed by atoms with E-state index in [-0.39, 0.29) is 24.1 Å². The van der Waals surface area contributed by atoms with E-state index in [0.717, 1.165) is 53.8 Å². The Balaban J connectivity index is 1.36. The maximum absolute atomic E-state index is 13.0. The van der Waals surface area contributed by atoms with Gasteiger partial charge in [0.15, 0.2) is 0 Å². The molecule has 2 heterocycles. The number of carbonyl (C=O) groups is 1. The van der Waals surface area contributed by atoms with E-state index in [9.17, 15) is 9.59 Å². The van der Waals surface area contributed by atoms with Crippen molar-refractivity contribution < 1.29 is 9.53 Å². The normalized spacial score (nSPS) is 16.6. The van der Waals surface area contributed by atoms with Gasteiger partial charge < -0.3 is 10.1 Å². The SMILES string of the molecule is COc1ccc(C(NC(=O)Cn2cnc3sc4c(c3c2=O)CCC4)C2CC2)cc1. The van der Waals surface area contributed by atoms with E-state index in [1.807, 2.05) is 24.3 Å². The van der Waals surface area contributed by atoms with Crippen molar-refractivity contribution in [1.29, 1.82) is 0 Å². The van der Waals surface area contributed by atoms with Crippen LogP contribution in [-0.2, 0) is 24.2 Å². The number of nitrogens with one attached hydrogen (secondary N) is 1. The monoisotopic (exact) mass is 409 g/mol. The zero-order valence-electron chi connectivity index (χ0n) is 16.3. The molecule has 1 fully saturated rings. The number of fused-ring (bicyclic) bond motifs is 3. The molecule has 1 aromatic carbocycles. The predicted molar refractivity (Wildman–Crippen MR) is 113 cm³/mol. The van der Waals surface area contributed by atoms with Crippen molar-refractivity contribution in [2.75, 3.05) is 7.11 Å². The molecule has 1 N–H and O–H groups in total. The summed E-state index contributed by atoms with van der Waals surface area (Å²) in [4.78, 5) is 32.3. The number of rotatable bonds is 6. The third-order valence-electron chi connectivity index (χ3n) is 5.89. The van der Waals surface area contributed by atoms with Gasteiger partial charge in [-0.15, -0.1) is 11.3 Å². The minimum Gasteiger partial charge on any atom is -0.497 e. The van der Waals surface area contributed by atoms with Crippen LogP contribution in [0.3, 0.4) is 0 Å². The van der Waals surface area contributed by atoms with Gasteiger partial charge in [-0.3, -0.25) is 14.2 Å². The Bertz CT molecular complexity index is 1130. The second-order valence-electron chi connectivity index (χ2n) is 7.87. The minimum absolute atomic E-state index is 0.00817. The summed E-state index contributed by atoms with van der Waals surface area (Å²) >= 11 is 1.62. The van der Waals surface area contributed by atoms with Crippen molar-refractivity contribution in [3.8, 4) is 5.75 Å². The summed E-state index contributed by atoms with van der Waals surface area (Å²) in [5.41, 5.74) is 2.11. The number of ether oxygens (including phenoxy) is 1. The first-order chi connectivity index (χ1) is 14.1. The number of aryl methyl sites for hydroxylation is 2. The van der Waals surface area contributed by atoms with E-state index in [2.05, 4.69) is 10.3 Å². The third kappa shape index (κ3) is 3.44. The van der Waals surface area contributed by atoms with Gasteiger partial charge in [-0.05, 0) is 61.3 Å². The van der Waals surface area contributed by atoms with Crippen LogP contribution in [0, 0.1) is 5.92 Å². The van der Waals surface area contributed by atoms with Crippen LogP contribution >= 0.6 is 11.3 Å². The van der Waals surface area contributed by atoms with Crippen molar-refractivity contribution in [3.63, 3.8) is 0 Å². The maximum atomic E-state index is 13.0. The van der Waals surface area contributed by atoms with Crippen LogP contribution in [0.4, 0.5) is 0 Å². The molecule has 0 saturated heterocycles. The maximum Gasteiger partial charge on any atom is 0.262 e.